The van der Waals surface area contributed by atoms with Crippen molar-refractivity contribution in [1.29, 1.82) is 0 Å². The molecule has 11 heteroatoms. The number of ether oxygens (including phenoxy) is 1. The van der Waals surface area contributed by atoms with Crippen LogP contribution in [0, 0.1) is 5.82 Å². The van der Waals surface area contributed by atoms with E-state index in [1.807, 2.05) is 22.4 Å². The van der Waals surface area contributed by atoms with Crippen LogP contribution in [0.2, 0.25) is 5.02 Å². The van der Waals surface area contributed by atoms with E-state index in [0.717, 1.165) is 0 Å². The Balaban J connectivity index is 1.50. The van der Waals surface area contributed by atoms with Crippen molar-refractivity contribution in [2.24, 2.45) is 0 Å². The third-order valence-corrected chi connectivity index (χ3v) is 8.82. The van der Waals surface area contributed by atoms with E-state index >= 15 is 0 Å². The van der Waals surface area contributed by atoms with Crippen molar-refractivity contribution < 1.29 is 22.3 Å². The molecule has 0 aliphatic carbocycles. The van der Waals surface area contributed by atoms with Crippen molar-refractivity contribution >= 4 is 67.6 Å². The number of anilines is 3. The monoisotopic (exact) mass is 597 g/mol. The van der Waals surface area contributed by atoms with Crippen LogP contribution in [-0.4, -0.2) is 40.6 Å². The van der Waals surface area contributed by atoms with Crippen LogP contribution in [-0.2, 0) is 19.6 Å². The molecule has 1 aromatic heterocycles. The molecule has 0 bridgehead atoms. The maximum Gasteiger partial charge on any atom is 0.264 e. The Morgan fingerprint density at radius 1 is 1.00 bits per heavy atom. The minimum atomic E-state index is -4.11. The molecule has 0 spiro atoms. The number of carbonyl (C=O) groups is 1. The first-order valence-corrected chi connectivity index (χ1v) is 15.1. The quantitative estimate of drug-likeness (QED) is 0.231. The van der Waals surface area contributed by atoms with E-state index < -0.39 is 15.9 Å². The Hall–Kier alpha value is -3.70. The van der Waals surface area contributed by atoms with Crippen molar-refractivity contribution in [3.63, 3.8) is 0 Å². The number of amides is 1. The highest BCUT2D eigenvalue weighted by Gasteiger charge is 2.25. The summed E-state index contributed by atoms with van der Waals surface area (Å²) in [6.07, 6.45) is 1.67. The van der Waals surface area contributed by atoms with E-state index in [1.54, 1.807) is 54.6 Å². The maximum atomic E-state index is 13.7. The number of sulfonamides is 1. The number of hydrogen-bond donors (Lipinski definition) is 2. The highest BCUT2D eigenvalue weighted by molar-refractivity contribution is 7.93. The number of para-hydroxylation sites is 1. The second-order valence-corrected chi connectivity index (χ2v) is 11.9. The van der Waals surface area contributed by atoms with E-state index in [4.69, 9.17) is 16.3 Å². The van der Waals surface area contributed by atoms with Crippen LogP contribution in [0.15, 0.2) is 89.1 Å². The summed E-state index contributed by atoms with van der Waals surface area (Å²) in [6.45, 7) is 1.97. The molecule has 1 fully saturated rings. The third kappa shape index (κ3) is 6.53. The molecule has 5 rings (SSSR count). The fourth-order valence-electron chi connectivity index (χ4n) is 4.22. The van der Waals surface area contributed by atoms with Crippen LogP contribution in [0.1, 0.15) is 10.4 Å². The van der Waals surface area contributed by atoms with Crippen molar-refractivity contribution in [3.05, 3.63) is 106 Å². The summed E-state index contributed by atoms with van der Waals surface area (Å²) in [6, 6.07) is 20.8. The summed E-state index contributed by atoms with van der Waals surface area (Å²) in [5.74, 6) is -0.813. The molecule has 7 nitrogen and oxygen atoms in total. The van der Waals surface area contributed by atoms with Gasteiger partial charge in [-0.15, -0.1) is 11.3 Å². The van der Waals surface area contributed by atoms with Gasteiger partial charge in [0.25, 0.3) is 15.9 Å². The van der Waals surface area contributed by atoms with E-state index in [2.05, 4.69) is 10.0 Å². The maximum absolute atomic E-state index is 13.7. The van der Waals surface area contributed by atoms with E-state index in [0.29, 0.717) is 53.7 Å². The summed E-state index contributed by atoms with van der Waals surface area (Å²) in [4.78, 5) is 16.1. The zero-order chi connectivity index (χ0) is 28.1. The highest BCUT2D eigenvalue weighted by Crippen LogP contribution is 2.33. The van der Waals surface area contributed by atoms with E-state index in [1.165, 1.54) is 29.5 Å². The molecule has 4 aromatic rings. The van der Waals surface area contributed by atoms with Crippen molar-refractivity contribution in [1.82, 2.24) is 0 Å². The number of morpholine rings is 1. The molecule has 1 aliphatic rings. The fourth-order valence-corrected chi connectivity index (χ4v) is 6.53. The summed E-state index contributed by atoms with van der Waals surface area (Å²) in [5, 5.41) is 4.95. The second-order valence-electron chi connectivity index (χ2n) is 8.91. The van der Waals surface area contributed by atoms with Crippen LogP contribution in [0.25, 0.3) is 11.6 Å². The van der Waals surface area contributed by atoms with Crippen LogP contribution < -0.4 is 14.9 Å². The Kier molecular flexibility index (Phi) is 8.51. The summed E-state index contributed by atoms with van der Waals surface area (Å²) in [7, 11) is -4.11. The predicted octanol–water partition coefficient (Wildman–Crippen LogP) is 6.36. The molecule has 40 heavy (non-hydrogen) atoms. The molecule has 0 saturated carbocycles. The van der Waals surface area contributed by atoms with Gasteiger partial charge >= 0.3 is 0 Å². The predicted molar refractivity (Wildman–Crippen MR) is 159 cm³/mol. The lowest BCUT2D eigenvalue weighted by Crippen LogP contribution is -2.37. The lowest BCUT2D eigenvalue weighted by Gasteiger charge is -2.30. The number of hydrogen-bond acceptors (Lipinski definition) is 6. The minimum Gasteiger partial charge on any atom is -0.378 e. The van der Waals surface area contributed by atoms with Crippen molar-refractivity contribution in [2.45, 2.75) is 4.90 Å². The first kappa shape index (κ1) is 27.9. The minimum absolute atomic E-state index is 0.00712. The summed E-state index contributed by atoms with van der Waals surface area (Å²) < 4.78 is 48.8. The molecular weight excluding hydrogens is 573 g/mol. The number of halogens is 2. The molecule has 1 aliphatic heterocycles. The van der Waals surface area contributed by atoms with Gasteiger partial charge in [0.05, 0.1) is 35.2 Å². The van der Waals surface area contributed by atoms with Crippen LogP contribution in [0.5, 0.6) is 0 Å². The van der Waals surface area contributed by atoms with Gasteiger partial charge in [-0.3, -0.25) is 9.52 Å². The zero-order valence-corrected chi connectivity index (χ0v) is 23.5. The number of nitrogens with zero attached hydrogens (tertiary/aromatic N) is 1. The molecule has 3 aromatic carbocycles. The molecule has 0 radical (unpaired) electrons. The number of benzene rings is 3. The van der Waals surface area contributed by atoms with Gasteiger partial charge < -0.3 is 15.0 Å². The van der Waals surface area contributed by atoms with Gasteiger partial charge in [0.1, 0.15) is 10.7 Å². The molecule has 1 saturated heterocycles. The number of rotatable bonds is 8. The standard InChI is InChI=1S/C29H25ClFN3O4S2/c30-24-4-1-2-5-25(24)33-40(36,37)28-19-22(11-12-26(28)34-13-15-38-16-14-34)32-29(35)23(27-6-3-17-39-27)18-20-7-9-21(31)10-8-20/h1-12,17-19,33H,13-16H2,(H,32,35). The van der Waals surface area contributed by atoms with Crippen LogP contribution in [0.4, 0.5) is 21.5 Å². The second kappa shape index (κ2) is 12.2. The van der Waals surface area contributed by atoms with Gasteiger partial charge in [-0.25, -0.2) is 12.8 Å². The largest absolute Gasteiger partial charge is 0.378 e. The van der Waals surface area contributed by atoms with E-state index in [9.17, 15) is 17.6 Å². The first-order valence-electron chi connectivity index (χ1n) is 12.4. The number of nitrogens with one attached hydrogen (secondary N) is 2. The molecule has 0 unspecified atom stereocenters. The third-order valence-electron chi connectivity index (χ3n) is 6.19. The number of thiophene rings is 1. The molecule has 0 atom stereocenters. The zero-order valence-electron chi connectivity index (χ0n) is 21.1. The molecule has 206 valence electrons. The normalized spacial score (nSPS) is 14.2. The topological polar surface area (TPSA) is 87.7 Å². The van der Waals surface area contributed by atoms with Gasteiger partial charge in [0.15, 0.2) is 0 Å². The first-order chi connectivity index (χ1) is 19.3. The molecule has 2 N–H and O–H groups in total. The summed E-state index contributed by atoms with van der Waals surface area (Å²) in [5.41, 5.74) is 2.03. The molecular formula is C29H25ClFN3O4S2. The lowest BCUT2D eigenvalue weighted by atomic mass is 10.1. The highest BCUT2D eigenvalue weighted by atomic mass is 35.5. The van der Waals surface area contributed by atoms with Crippen molar-refractivity contribution in [3.8, 4) is 0 Å². The van der Waals surface area contributed by atoms with Crippen molar-refractivity contribution in [2.75, 3.05) is 41.2 Å². The summed E-state index contributed by atoms with van der Waals surface area (Å²) >= 11 is 7.61. The smallest absolute Gasteiger partial charge is 0.264 e. The SMILES string of the molecule is O=C(Nc1ccc(N2CCOCC2)c(S(=O)(=O)Nc2ccccc2Cl)c1)C(=Cc1ccc(F)cc1)c1cccs1. The molecule has 2 heterocycles. The lowest BCUT2D eigenvalue weighted by molar-refractivity contribution is -0.111. The van der Waals surface area contributed by atoms with Gasteiger partial charge in [-0.05, 0) is 65.6 Å². The average molecular weight is 598 g/mol. The van der Waals surface area contributed by atoms with Crippen LogP contribution in [0.3, 0.4) is 0 Å². The van der Waals surface area contributed by atoms with Crippen LogP contribution >= 0.6 is 22.9 Å². The average Bonchev–Trinajstić information content (AvgIpc) is 3.49. The Labute approximate surface area is 240 Å². The Bertz CT molecular complexity index is 1640. The fraction of sp³-hybridized carbons (Fsp3) is 0.138. The molecule has 1 amide bonds. The van der Waals surface area contributed by atoms with Gasteiger partial charge in [0, 0.05) is 23.7 Å². The Morgan fingerprint density at radius 2 is 1.75 bits per heavy atom. The van der Waals surface area contributed by atoms with E-state index in [-0.39, 0.29) is 21.4 Å². The number of carbonyl (C=O) groups excluding carboxylic acids is 1. The Morgan fingerprint density at radius 3 is 2.45 bits per heavy atom. The van der Waals surface area contributed by atoms with Gasteiger partial charge in [0.2, 0.25) is 0 Å². The van der Waals surface area contributed by atoms with Gasteiger partial charge in [-0.1, -0.05) is 41.9 Å². The van der Waals surface area contributed by atoms with Gasteiger partial charge in [-0.2, -0.15) is 0 Å².